The highest BCUT2D eigenvalue weighted by molar-refractivity contribution is 5.01. The number of nitrogens with two attached hydrogens (primary N) is 1. The Bertz CT molecular complexity index is 419. The molecular weight excluding hydrogens is 254 g/mol. The highest BCUT2D eigenvalue weighted by atomic mass is 16.5. The van der Waals surface area contributed by atoms with E-state index >= 15 is 0 Å². The van der Waals surface area contributed by atoms with Crippen LogP contribution < -0.4 is 5.73 Å². The van der Waals surface area contributed by atoms with Gasteiger partial charge in [-0.2, -0.15) is 4.98 Å². The van der Waals surface area contributed by atoms with Crippen LogP contribution >= 0.6 is 0 Å². The first-order valence-electron chi connectivity index (χ1n) is 7.43. The molecule has 2 heterocycles. The van der Waals surface area contributed by atoms with Crippen molar-refractivity contribution >= 4 is 0 Å². The zero-order valence-corrected chi connectivity index (χ0v) is 13.0. The third-order valence-electron chi connectivity index (χ3n) is 4.00. The van der Waals surface area contributed by atoms with Gasteiger partial charge in [-0.3, -0.25) is 4.90 Å². The summed E-state index contributed by atoms with van der Waals surface area (Å²) in [6.45, 7) is 7.97. The molecule has 0 aromatic carbocycles. The molecule has 0 bridgehead atoms. The predicted molar refractivity (Wildman–Crippen MR) is 78.4 cm³/mol. The quantitative estimate of drug-likeness (QED) is 0.870. The van der Waals surface area contributed by atoms with Crippen molar-refractivity contribution in [3.8, 4) is 0 Å². The maximum Gasteiger partial charge on any atom is 0.231 e. The molecule has 0 aliphatic carbocycles. The zero-order chi connectivity index (χ0) is 14.7. The topological polar surface area (TPSA) is 71.4 Å². The summed E-state index contributed by atoms with van der Waals surface area (Å²) in [5.41, 5.74) is 5.84. The summed E-state index contributed by atoms with van der Waals surface area (Å²) in [7, 11) is 4.24. The van der Waals surface area contributed by atoms with Gasteiger partial charge >= 0.3 is 0 Å². The molecule has 0 amide bonds. The predicted octanol–water partition coefficient (Wildman–Crippen LogP) is 1.08. The Labute approximate surface area is 121 Å². The first-order valence-corrected chi connectivity index (χ1v) is 7.43. The third-order valence-corrected chi connectivity index (χ3v) is 4.00. The van der Waals surface area contributed by atoms with Gasteiger partial charge in [0.05, 0.1) is 12.0 Å². The average Bonchev–Trinajstić information content (AvgIpc) is 2.88. The Balaban J connectivity index is 2.10. The molecule has 20 heavy (non-hydrogen) atoms. The van der Waals surface area contributed by atoms with Gasteiger partial charge in [0.25, 0.3) is 0 Å². The van der Waals surface area contributed by atoms with Crippen LogP contribution in [0.1, 0.15) is 43.9 Å². The van der Waals surface area contributed by atoms with Gasteiger partial charge in [-0.1, -0.05) is 19.0 Å². The lowest BCUT2D eigenvalue weighted by molar-refractivity contribution is 0.108. The number of likely N-dealkylation sites (N-methyl/N-ethyl adjacent to an activating group) is 2. The van der Waals surface area contributed by atoms with Crippen LogP contribution in [0.15, 0.2) is 4.52 Å². The van der Waals surface area contributed by atoms with Crippen LogP contribution in [-0.4, -0.2) is 60.2 Å². The summed E-state index contributed by atoms with van der Waals surface area (Å²) in [6.07, 6.45) is 0.985. The fraction of sp³-hybridized carbons (Fsp3) is 0.857. The second kappa shape index (κ2) is 6.65. The lowest BCUT2D eigenvalue weighted by Gasteiger charge is -2.35. The molecule has 6 heteroatoms. The van der Waals surface area contributed by atoms with Gasteiger partial charge in [0.2, 0.25) is 5.89 Å². The molecule has 1 aliphatic rings. The van der Waals surface area contributed by atoms with E-state index in [1.165, 1.54) is 0 Å². The molecule has 2 N–H and O–H groups in total. The van der Waals surface area contributed by atoms with E-state index in [0.29, 0.717) is 18.4 Å². The fourth-order valence-electron chi connectivity index (χ4n) is 2.70. The Morgan fingerprint density at radius 3 is 2.75 bits per heavy atom. The highest BCUT2D eigenvalue weighted by Crippen LogP contribution is 2.25. The highest BCUT2D eigenvalue weighted by Gasteiger charge is 2.29. The van der Waals surface area contributed by atoms with Crippen LogP contribution in [0.3, 0.4) is 0 Å². The van der Waals surface area contributed by atoms with E-state index in [9.17, 15) is 0 Å². The largest absolute Gasteiger partial charge is 0.339 e. The molecule has 0 saturated carbocycles. The molecule has 1 saturated heterocycles. The van der Waals surface area contributed by atoms with E-state index in [1.807, 2.05) is 0 Å². The maximum atomic E-state index is 5.84. The van der Waals surface area contributed by atoms with Crippen molar-refractivity contribution in [2.45, 2.75) is 32.2 Å². The lowest BCUT2D eigenvalue weighted by atomic mass is 9.97. The van der Waals surface area contributed by atoms with Crippen molar-refractivity contribution < 1.29 is 4.52 Å². The Kier molecular flexibility index (Phi) is 5.12. The standard InChI is InChI=1S/C14H27N5O/c1-10(2)7-11(8-15)14-16-13(17-20-14)12-9-18(3)5-6-19(12)4/h10-12H,5-9,15H2,1-4H3. The number of nitrogens with zero attached hydrogens (tertiary/aromatic N) is 4. The fourth-order valence-corrected chi connectivity index (χ4v) is 2.70. The second-order valence-corrected chi connectivity index (χ2v) is 6.31. The minimum Gasteiger partial charge on any atom is -0.339 e. The van der Waals surface area contributed by atoms with Crippen molar-refractivity contribution in [3.05, 3.63) is 11.7 Å². The number of aromatic nitrogens is 2. The molecule has 1 aliphatic heterocycles. The van der Waals surface area contributed by atoms with Crippen LogP contribution in [0.4, 0.5) is 0 Å². The maximum absolute atomic E-state index is 5.84. The van der Waals surface area contributed by atoms with E-state index < -0.39 is 0 Å². The minimum absolute atomic E-state index is 0.169. The number of piperazine rings is 1. The molecular formula is C14H27N5O. The average molecular weight is 281 g/mol. The van der Waals surface area contributed by atoms with Crippen molar-refractivity contribution in [3.63, 3.8) is 0 Å². The summed E-state index contributed by atoms with van der Waals surface area (Å²) in [5.74, 6) is 2.22. The van der Waals surface area contributed by atoms with Crippen LogP contribution in [0.25, 0.3) is 0 Å². The molecule has 1 aromatic heterocycles. The summed E-state index contributed by atoms with van der Waals surface area (Å²) >= 11 is 0. The summed E-state index contributed by atoms with van der Waals surface area (Å²) < 4.78 is 5.47. The van der Waals surface area contributed by atoms with Crippen LogP contribution in [-0.2, 0) is 0 Å². The van der Waals surface area contributed by atoms with E-state index in [1.54, 1.807) is 0 Å². The molecule has 1 fully saturated rings. The van der Waals surface area contributed by atoms with Gasteiger partial charge in [-0.05, 0) is 26.4 Å². The lowest BCUT2D eigenvalue weighted by Crippen LogP contribution is -2.45. The molecule has 0 spiro atoms. The van der Waals surface area contributed by atoms with Gasteiger partial charge in [0.1, 0.15) is 0 Å². The molecule has 2 rings (SSSR count). The van der Waals surface area contributed by atoms with E-state index in [0.717, 1.165) is 31.9 Å². The van der Waals surface area contributed by atoms with Gasteiger partial charge < -0.3 is 15.2 Å². The molecule has 114 valence electrons. The molecule has 6 nitrogen and oxygen atoms in total. The van der Waals surface area contributed by atoms with Crippen LogP contribution in [0.2, 0.25) is 0 Å². The third kappa shape index (κ3) is 3.56. The summed E-state index contributed by atoms with van der Waals surface area (Å²) in [4.78, 5) is 9.20. The van der Waals surface area contributed by atoms with E-state index in [-0.39, 0.29) is 12.0 Å². The molecule has 0 radical (unpaired) electrons. The van der Waals surface area contributed by atoms with Gasteiger partial charge in [0, 0.05) is 26.2 Å². The zero-order valence-electron chi connectivity index (χ0n) is 13.0. The number of rotatable bonds is 5. The van der Waals surface area contributed by atoms with Crippen LogP contribution in [0, 0.1) is 5.92 Å². The number of hydrogen-bond acceptors (Lipinski definition) is 6. The first-order chi connectivity index (χ1) is 9.51. The van der Waals surface area contributed by atoms with Crippen molar-refractivity contribution in [1.29, 1.82) is 0 Å². The van der Waals surface area contributed by atoms with E-state index in [4.69, 9.17) is 10.3 Å². The van der Waals surface area contributed by atoms with E-state index in [2.05, 4.69) is 47.9 Å². The normalized spacial score (nSPS) is 23.4. The minimum atomic E-state index is 0.169. The van der Waals surface area contributed by atoms with Crippen molar-refractivity contribution in [2.24, 2.45) is 11.7 Å². The van der Waals surface area contributed by atoms with Crippen molar-refractivity contribution in [2.75, 3.05) is 40.3 Å². The first kappa shape index (κ1) is 15.4. The Morgan fingerprint density at radius 2 is 2.10 bits per heavy atom. The van der Waals surface area contributed by atoms with Gasteiger partial charge in [0.15, 0.2) is 5.82 Å². The Morgan fingerprint density at radius 1 is 1.35 bits per heavy atom. The monoisotopic (exact) mass is 281 g/mol. The van der Waals surface area contributed by atoms with Gasteiger partial charge in [-0.25, -0.2) is 0 Å². The molecule has 1 aromatic rings. The second-order valence-electron chi connectivity index (χ2n) is 6.31. The Hall–Kier alpha value is -0.980. The smallest absolute Gasteiger partial charge is 0.231 e. The molecule has 2 atom stereocenters. The SMILES string of the molecule is CC(C)CC(CN)c1nc(C2CN(C)CCN2C)no1. The summed E-state index contributed by atoms with van der Waals surface area (Å²) in [6, 6.07) is 0.212. The van der Waals surface area contributed by atoms with Crippen molar-refractivity contribution in [1.82, 2.24) is 19.9 Å². The van der Waals surface area contributed by atoms with Gasteiger partial charge in [-0.15, -0.1) is 0 Å². The summed E-state index contributed by atoms with van der Waals surface area (Å²) in [5, 5.41) is 4.19. The number of hydrogen-bond donors (Lipinski definition) is 1. The molecule has 2 unspecified atom stereocenters. The van der Waals surface area contributed by atoms with Crippen LogP contribution in [0.5, 0.6) is 0 Å².